The molecule has 3 nitrogen and oxygen atoms in total. The van der Waals surface area contributed by atoms with Crippen LogP contribution in [0.3, 0.4) is 0 Å². The van der Waals surface area contributed by atoms with Crippen LogP contribution in [0.4, 0.5) is 0 Å². The van der Waals surface area contributed by atoms with Crippen molar-refractivity contribution < 1.29 is 0 Å². The molecule has 0 radical (unpaired) electrons. The van der Waals surface area contributed by atoms with Gasteiger partial charge in [0.15, 0.2) is 17.5 Å². The van der Waals surface area contributed by atoms with E-state index in [2.05, 4.69) is 115 Å². The Hall–Kier alpha value is -6.23. The Balaban J connectivity index is 1.23. The molecule has 0 aliphatic heterocycles. The van der Waals surface area contributed by atoms with Gasteiger partial charge >= 0.3 is 0 Å². The molecule has 9 aromatic rings. The van der Waals surface area contributed by atoms with Crippen LogP contribution in [0.15, 0.2) is 176 Å². The average Bonchev–Trinajstić information content (AvgIpc) is 3.58. The van der Waals surface area contributed by atoms with Crippen molar-refractivity contribution in [2.75, 3.05) is 0 Å². The first-order chi connectivity index (χ1) is 24.3. The summed E-state index contributed by atoms with van der Waals surface area (Å²) in [7, 11) is 0. The number of nitrogens with zero attached hydrogens (tertiary/aromatic N) is 3. The van der Waals surface area contributed by atoms with Crippen molar-refractivity contribution in [3.8, 4) is 67.5 Å². The van der Waals surface area contributed by atoms with Crippen LogP contribution >= 0.6 is 11.3 Å². The fourth-order valence-corrected chi connectivity index (χ4v) is 7.78. The molecule has 0 spiro atoms. The van der Waals surface area contributed by atoms with Crippen LogP contribution in [-0.2, 0) is 0 Å². The highest BCUT2D eigenvalue weighted by molar-refractivity contribution is 7.26. The lowest BCUT2D eigenvalue weighted by Crippen LogP contribution is -2.00. The van der Waals surface area contributed by atoms with E-state index < -0.39 is 0 Å². The van der Waals surface area contributed by atoms with Crippen LogP contribution in [0.2, 0.25) is 0 Å². The molecular weight excluding hydrogens is 615 g/mol. The second-order valence-electron chi connectivity index (χ2n) is 12.0. The van der Waals surface area contributed by atoms with Gasteiger partial charge in [0, 0.05) is 36.9 Å². The molecule has 9 rings (SSSR count). The number of fused-ring (bicyclic) bond motifs is 3. The van der Waals surface area contributed by atoms with Crippen LogP contribution in [0.25, 0.3) is 87.7 Å². The standard InChI is InChI=1S/C45H29N3S/c1-5-14-30(15-6-1)34-24-27-40-39(29-34)41-37(31-16-7-2-8-17-31)25-26-38(42(41)49-40)35-22-13-23-36(28-35)45-47-43(32-18-9-3-10-19-32)46-44(48-45)33-20-11-4-12-21-33/h1-29H. The minimum atomic E-state index is 0.649. The molecule has 49 heavy (non-hydrogen) atoms. The fraction of sp³-hybridized carbons (Fsp3) is 0. The molecule has 0 unspecified atom stereocenters. The van der Waals surface area contributed by atoms with Gasteiger partial charge in [-0.3, -0.25) is 0 Å². The van der Waals surface area contributed by atoms with E-state index in [1.807, 2.05) is 72.0 Å². The normalized spacial score (nSPS) is 11.3. The molecule has 0 bridgehead atoms. The van der Waals surface area contributed by atoms with Gasteiger partial charge in [0.25, 0.3) is 0 Å². The number of aromatic nitrogens is 3. The zero-order chi connectivity index (χ0) is 32.6. The summed E-state index contributed by atoms with van der Waals surface area (Å²) in [6.45, 7) is 0. The second kappa shape index (κ2) is 12.4. The van der Waals surface area contributed by atoms with Gasteiger partial charge in [0.1, 0.15) is 0 Å². The first-order valence-corrected chi connectivity index (χ1v) is 17.2. The Morgan fingerprint density at radius 2 is 0.816 bits per heavy atom. The molecule has 0 saturated carbocycles. The number of hydrogen-bond acceptors (Lipinski definition) is 4. The van der Waals surface area contributed by atoms with Crippen LogP contribution in [0.1, 0.15) is 0 Å². The van der Waals surface area contributed by atoms with E-state index in [4.69, 9.17) is 15.0 Å². The van der Waals surface area contributed by atoms with Gasteiger partial charge in [-0.2, -0.15) is 0 Å². The number of thiophene rings is 1. The molecule has 0 fully saturated rings. The van der Waals surface area contributed by atoms with Gasteiger partial charge in [-0.15, -0.1) is 11.3 Å². The van der Waals surface area contributed by atoms with Crippen molar-refractivity contribution >= 4 is 31.5 Å². The average molecular weight is 644 g/mol. The molecule has 0 aliphatic carbocycles. The highest BCUT2D eigenvalue weighted by atomic mass is 32.1. The molecule has 230 valence electrons. The highest BCUT2D eigenvalue weighted by Gasteiger charge is 2.18. The van der Waals surface area contributed by atoms with Crippen molar-refractivity contribution in [3.63, 3.8) is 0 Å². The smallest absolute Gasteiger partial charge is 0.164 e. The van der Waals surface area contributed by atoms with E-state index in [0.29, 0.717) is 17.5 Å². The Morgan fingerprint density at radius 3 is 1.43 bits per heavy atom. The third kappa shape index (κ3) is 5.48. The van der Waals surface area contributed by atoms with E-state index in [9.17, 15) is 0 Å². The lowest BCUT2D eigenvalue weighted by Gasteiger charge is -2.12. The van der Waals surface area contributed by atoms with Crippen molar-refractivity contribution in [1.82, 2.24) is 15.0 Å². The summed E-state index contributed by atoms with van der Waals surface area (Å²) in [5, 5.41) is 2.56. The van der Waals surface area contributed by atoms with E-state index >= 15 is 0 Å². The number of benzene rings is 7. The Bertz CT molecular complexity index is 2520. The maximum absolute atomic E-state index is 5.00. The van der Waals surface area contributed by atoms with Gasteiger partial charge in [0.2, 0.25) is 0 Å². The molecule has 0 saturated heterocycles. The van der Waals surface area contributed by atoms with E-state index in [1.165, 1.54) is 48.0 Å². The molecule has 2 aromatic heterocycles. The predicted octanol–water partition coefficient (Wildman–Crippen LogP) is 12.2. The maximum Gasteiger partial charge on any atom is 0.164 e. The Morgan fingerprint density at radius 1 is 0.327 bits per heavy atom. The van der Waals surface area contributed by atoms with Gasteiger partial charge < -0.3 is 0 Å². The van der Waals surface area contributed by atoms with Crippen LogP contribution in [0.5, 0.6) is 0 Å². The summed E-state index contributed by atoms with van der Waals surface area (Å²) < 4.78 is 2.54. The third-order valence-corrected chi connectivity index (χ3v) is 10.1. The van der Waals surface area contributed by atoms with Crippen LogP contribution < -0.4 is 0 Å². The van der Waals surface area contributed by atoms with Crippen molar-refractivity contribution in [3.05, 3.63) is 176 Å². The fourth-order valence-electron chi connectivity index (χ4n) is 6.54. The summed E-state index contributed by atoms with van der Waals surface area (Å²) >= 11 is 1.86. The van der Waals surface area contributed by atoms with Crippen molar-refractivity contribution in [2.24, 2.45) is 0 Å². The first-order valence-electron chi connectivity index (χ1n) is 16.4. The van der Waals surface area contributed by atoms with Crippen molar-refractivity contribution in [1.29, 1.82) is 0 Å². The van der Waals surface area contributed by atoms with E-state index in [1.54, 1.807) is 0 Å². The monoisotopic (exact) mass is 643 g/mol. The van der Waals surface area contributed by atoms with Gasteiger partial charge in [0.05, 0.1) is 0 Å². The molecule has 2 heterocycles. The lowest BCUT2D eigenvalue weighted by molar-refractivity contribution is 1.07. The molecule has 0 aliphatic rings. The summed E-state index contributed by atoms with van der Waals surface area (Å²) in [5.41, 5.74) is 10.1. The topological polar surface area (TPSA) is 38.7 Å². The minimum Gasteiger partial charge on any atom is -0.208 e. The largest absolute Gasteiger partial charge is 0.208 e. The van der Waals surface area contributed by atoms with Gasteiger partial charge in [-0.05, 0) is 51.6 Å². The summed E-state index contributed by atoms with van der Waals surface area (Å²) in [5.74, 6) is 1.96. The van der Waals surface area contributed by atoms with Crippen LogP contribution in [-0.4, -0.2) is 15.0 Å². The van der Waals surface area contributed by atoms with Crippen molar-refractivity contribution in [2.45, 2.75) is 0 Å². The Kier molecular flexibility index (Phi) is 7.34. The SMILES string of the molecule is c1ccc(-c2ccc3sc4c(-c5cccc(-c6nc(-c7ccccc7)nc(-c7ccccc7)n6)c5)ccc(-c5ccccc5)c4c3c2)cc1. The lowest BCUT2D eigenvalue weighted by atomic mass is 9.93. The van der Waals surface area contributed by atoms with E-state index in [0.717, 1.165) is 22.3 Å². The Labute approximate surface area is 288 Å². The van der Waals surface area contributed by atoms with E-state index in [-0.39, 0.29) is 0 Å². The second-order valence-corrected chi connectivity index (χ2v) is 13.1. The summed E-state index contributed by atoms with van der Waals surface area (Å²) in [6, 6.07) is 61.6. The van der Waals surface area contributed by atoms with Gasteiger partial charge in [-0.1, -0.05) is 158 Å². The highest BCUT2D eigenvalue weighted by Crippen LogP contribution is 2.46. The molecule has 0 N–H and O–H groups in total. The van der Waals surface area contributed by atoms with Gasteiger partial charge in [-0.25, -0.2) is 15.0 Å². The molecule has 4 heteroatoms. The molecule has 0 atom stereocenters. The predicted molar refractivity (Wildman–Crippen MR) is 205 cm³/mol. The zero-order valence-electron chi connectivity index (χ0n) is 26.5. The number of hydrogen-bond donors (Lipinski definition) is 0. The molecular formula is C45H29N3S. The third-order valence-electron chi connectivity index (χ3n) is 8.94. The minimum absolute atomic E-state index is 0.649. The first kappa shape index (κ1) is 29.0. The number of rotatable bonds is 6. The summed E-state index contributed by atoms with van der Waals surface area (Å²) in [4.78, 5) is 14.9. The summed E-state index contributed by atoms with van der Waals surface area (Å²) in [6.07, 6.45) is 0. The quantitative estimate of drug-likeness (QED) is 0.181. The maximum atomic E-state index is 5.00. The van der Waals surface area contributed by atoms with Crippen LogP contribution in [0, 0.1) is 0 Å². The zero-order valence-corrected chi connectivity index (χ0v) is 27.3. The molecule has 0 amide bonds. The molecule has 7 aromatic carbocycles.